The van der Waals surface area contributed by atoms with E-state index in [1.165, 1.54) is 6.07 Å². The molecule has 0 saturated carbocycles. The van der Waals surface area contributed by atoms with Gasteiger partial charge >= 0.3 is 0 Å². The molecule has 0 aliphatic rings. The fourth-order valence-electron chi connectivity index (χ4n) is 1.38. The standard InChI is InChI=1S/C12H15ClFN/c1-4-5-9(3)15-12-7-11(14)10(13)6-8(12)2/h6-7H,4-5H2,1-3H3. The zero-order valence-electron chi connectivity index (χ0n) is 9.27. The topological polar surface area (TPSA) is 12.4 Å². The molecule has 0 heterocycles. The van der Waals surface area contributed by atoms with Crippen molar-refractivity contribution in [2.75, 3.05) is 0 Å². The fourth-order valence-corrected chi connectivity index (χ4v) is 1.60. The Morgan fingerprint density at radius 1 is 1.47 bits per heavy atom. The number of hydrogen-bond donors (Lipinski definition) is 0. The van der Waals surface area contributed by atoms with E-state index in [-0.39, 0.29) is 5.02 Å². The molecule has 0 aliphatic heterocycles. The van der Waals surface area contributed by atoms with E-state index < -0.39 is 5.82 Å². The molecule has 82 valence electrons. The largest absolute Gasteiger partial charge is 0.258 e. The van der Waals surface area contributed by atoms with Crippen molar-refractivity contribution in [3.05, 3.63) is 28.5 Å². The number of benzene rings is 1. The van der Waals surface area contributed by atoms with E-state index in [0.717, 1.165) is 24.1 Å². The predicted molar refractivity (Wildman–Crippen MR) is 63.8 cm³/mol. The van der Waals surface area contributed by atoms with Gasteiger partial charge in [0, 0.05) is 11.8 Å². The van der Waals surface area contributed by atoms with Crippen molar-refractivity contribution in [2.24, 2.45) is 4.99 Å². The minimum Gasteiger partial charge on any atom is -0.258 e. The van der Waals surface area contributed by atoms with Crippen LogP contribution in [0.3, 0.4) is 0 Å². The molecule has 15 heavy (non-hydrogen) atoms. The van der Waals surface area contributed by atoms with Gasteiger partial charge < -0.3 is 0 Å². The summed E-state index contributed by atoms with van der Waals surface area (Å²) in [5, 5.41) is 0.152. The van der Waals surface area contributed by atoms with Gasteiger partial charge in [-0.25, -0.2) is 4.39 Å². The summed E-state index contributed by atoms with van der Waals surface area (Å²) in [6.45, 7) is 5.92. The van der Waals surface area contributed by atoms with Gasteiger partial charge in [-0.15, -0.1) is 0 Å². The zero-order chi connectivity index (χ0) is 11.4. The molecule has 0 atom stereocenters. The maximum atomic E-state index is 13.2. The lowest BCUT2D eigenvalue weighted by Gasteiger charge is -2.04. The van der Waals surface area contributed by atoms with Crippen LogP contribution in [0.1, 0.15) is 32.3 Å². The number of nitrogens with zero attached hydrogens (tertiary/aromatic N) is 1. The molecule has 0 saturated heterocycles. The lowest BCUT2D eigenvalue weighted by molar-refractivity contribution is 0.628. The summed E-state index contributed by atoms with van der Waals surface area (Å²) < 4.78 is 13.2. The Bertz CT molecular complexity index is 385. The average Bonchev–Trinajstić information content (AvgIpc) is 2.14. The number of aliphatic imine (C=N–C) groups is 1. The van der Waals surface area contributed by atoms with Gasteiger partial charge in [0.15, 0.2) is 0 Å². The van der Waals surface area contributed by atoms with Crippen molar-refractivity contribution in [3.63, 3.8) is 0 Å². The highest BCUT2D eigenvalue weighted by Gasteiger charge is 2.04. The first-order valence-corrected chi connectivity index (χ1v) is 5.42. The van der Waals surface area contributed by atoms with Gasteiger partial charge in [0.2, 0.25) is 0 Å². The van der Waals surface area contributed by atoms with Crippen LogP contribution in [0.25, 0.3) is 0 Å². The third-order valence-electron chi connectivity index (χ3n) is 2.16. The normalized spacial score (nSPS) is 11.9. The molecule has 0 N–H and O–H groups in total. The van der Waals surface area contributed by atoms with Gasteiger partial charge in [0.25, 0.3) is 0 Å². The van der Waals surface area contributed by atoms with Crippen molar-refractivity contribution in [3.8, 4) is 0 Å². The Morgan fingerprint density at radius 2 is 2.13 bits per heavy atom. The Morgan fingerprint density at radius 3 is 2.73 bits per heavy atom. The highest BCUT2D eigenvalue weighted by Crippen LogP contribution is 2.26. The summed E-state index contributed by atoms with van der Waals surface area (Å²) in [4.78, 5) is 4.37. The molecule has 0 spiro atoms. The van der Waals surface area contributed by atoms with Crippen LogP contribution in [-0.2, 0) is 0 Å². The average molecular weight is 228 g/mol. The zero-order valence-corrected chi connectivity index (χ0v) is 10.0. The molecular weight excluding hydrogens is 213 g/mol. The monoisotopic (exact) mass is 227 g/mol. The van der Waals surface area contributed by atoms with E-state index in [1.807, 2.05) is 13.8 Å². The van der Waals surface area contributed by atoms with E-state index in [2.05, 4.69) is 11.9 Å². The number of rotatable bonds is 3. The SMILES string of the molecule is CCCC(C)=Nc1cc(F)c(Cl)cc1C. The van der Waals surface area contributed by atoms with Crippen LogP contribution in [0.5, 0.6) is 0 Å². The van der Waals surface area contributed by atoms with Gasteiger partial charge in [0.05, 0.1) is 10.7 Å². The predicted octanol–water partition coefficient (Wildman–Crippen LogP) is 4.68. The Balaban J connectivity index is 3.05. The van der Waals surface area contributed by atoms with Gasteiger partial charge in [-0.3, -0.25) is 4.99 Å². The van der Waals surface area contributed by atoms with Crippen LogP contribution >= 0.6 is 11.6 Å². The maximum Gasteiger partial charge on any atom is 0.143 e. The molecule has 0 aliphatic carbocycles. The molecule has 0 fully saturated rings. The van der Waals surface area contributed by atoms with Crippen molar-refractivity contribution in [2.45, 2.75) is 33.6 Å². The highest BCUT2D eigenvalue weighted by molar-refractivity contribution is 6.30. The van der Waals surface area contributed by atoms with Crippen LogP contribution in [0.15, 0.2) is 17.1 Å². The third kappa shape index (κ3) is 3.31. The molecule has 1 rings (SSSR count). The first-order valence-electron chi connectivity index (χ1n) is 5.04. The maximum absolute atomic E-state index is 13.2. The molecular formula is C12H15ClFN. The van der Waals surface area contributed by atoms with E-state index in [9.17, 15) is 4.39 Å². The summed E-state index contributed by atoms with van der Waals surface area (Å²) in [5.74, 6) is -0.412. The van der Waals surface area contributed by atoms with E-state index in [0.29, 0.717) is 5.69 Å². The summed E-state index contributed by atoms with van der Waals surface area (Å²) in [6, 6.07) is 2.99. The highest BCUT2D eigenvalue weighted by atomic mass is 35.5. The van der Waals surface area contributed by atoms with Gasteiger partial charge in [-0.2, -0.15) is 0 Å². The molecule has 0 bridgehead atoms. The number of halogens is 2. The van der Waals surface area contributed by atoms with Crippen LogP contribution in [0.2, 0.25) is 5.02 Å². The first kappa shape index (κ1) is 12.2. The van der Waals surface area contributed by atoms with E-state index in [1.54, 1.807) is 6.07 Å². The molecule has 0 unspecified atom stereocenters. The summed E-state index contributed by atoms with van der Waals surface area (Å²) in [7, 11) is 0. The minimum absolute atomic E-state index is 0.152. The Kier molecular flexibility index (Phi) is 4.28. The second kappa shape index (κ2) is 5.26. The Labute approximate surface area is 95.0 Å². The third-order valence-corrected chi connectivity index (χ3v) is 2.45. The molecule has 1 aromatic rings. The van der Waals surface area contributed by atoms with Crippen LogP contribution in [0.4, 0.5) is 10.1 Å². The first-order chi connectivity index (χ1) is 7.04. The number of hydrogen-bond acceptors (Lipinski definition) is 1. The van der Waals surface area contributed by atoms with Crippen molar-refractivity contribution in [1.82, 2.24) is 0 Å². The van der Waals surface area contributed by atoms with Crippen molar-refractivity contribution >= 4 is 23.0 Å². The molecule has 0 radical (unpaired) electrons. The van der Waals surface area contributed by atoms with Gasteiger partial charge in [0.1, 0.15) is 5.82 Å². The van der Waals surface area contributed by atoms with Crippen LogP contribution in [-0.4, -0.2) is 5.71 Å². The molecule has 1 nitrogen and oxygen atoms in total. The summed E-state index contributed by atoms with van der Waals surface area (Å²) in [6.07, 6.45) is 1.98. The smallest absolute Gasteiger partial charge is 0.143 e. The summed E-state index contributed by atoms with van der Waals surface area (Å²) >= 11 is 5.66. The second-order valence-corrected chi connectivity index (χ2v) is 4.06. The number of aryl methyl sites for hydroxylation is 1. The molecule has 0 aromatic heterocycles. The van der Waals surface area contributed by atoms with E-state index in [4.69, 9.17) is 11.6 Å². The summed E-state index contributed by atoms with van der Waals surface area (Å²) in [5.41, 5.74) is 2.59. The van der Waals surface area contributed by atoms with Crippen LogP contribution in [0, 0.1) is 12.7 Å². The Hall–Kier alpha value is -0.890. The van der Waals surface area contributed by atoms with E-state index >= 15 is 0 Å². The van der Waals surface area contributed by atoms with Crippen molar-refractivity contribution < 1.29 is 4.39 Å². The molecule has 0 amide bonds. The van der Waals surface area contributed by atoms with Gasteiger partial charge in [-0.1, -0.05) is 24.9 Å². The lowest BCUT2D eigenvalue weighted by atomic mass is 10.2. The quantitative estimate of drug-likeness (QED) is 0.665. The minimum atomic E-state index is -0.412. The van der Waals surface area contributed by atoms with Gasteiger partial charge in [-0.05, 0) is 31.9 Å². The second-order valence-electron chi connectivity index (χ2n) is 3.65. The fraction of sp³-hybridized carbons (Fsp3) is 0.417. The lowest BCUT2D eigenvalue weighted by Crippen LogP contribution is -1.90. The molecule has 3 heteroatoms. The molecule has 1 aromatic carbocycles. The van der Waals surface area contributed by atoms with Crippen molar-refractivity contribution in [1.29, 1.82) is 0 Å². The van der Waals surface area contributed by atoms with Crippen LogP contribution < -0.4 is 0 Å².